The highest BCUT2D eigenvalue weighted by atomic mass is 16.3. The Bertz CT molecular complexity index is 759. The number of carbonyl (C=O) groups excluding carboxylic acids is 3. The minimum atomic E-state index is -1.33. The first kappa shape index (κ1) is 15.9. The van der Waals surface area contributed by atoms with Gasteiger partial charge < -0.3 is 5.11 Å². The van der Waals surface area contributed by atoms with Crippen LogP contribution in [0.1, 0.15) is 12.8 Å². The molecule has 3 rings (SSSR count). The molecule has 1 N–H and O–H groups in total. The highest BCUT2D eigenvalue weighted by molar-refractivity contribution is 6.21. The van der Waals surface area contributed by atoms with E-state index in [2.05, 4.69) is 0 Å². The van der Waals surface area contributed by atoms with E-state index < -0.39 is 30.4 Å². The summed E-state index contributed by atoms with van der Waals surface area (Å²) in [6.07, 6.45) is -2.18. The van der Waals surface area contributed by atoms with E-state index >= 15 is 0 Å². The molecule has 1 aliphatic heterocycles. The summed E-state index contributed by atoms with van der Waals surface area (Å²) in [6, 6.07) is 16.9. The molecule has 122 valence electrons. The zero-order chi connectivity index (χ0) is 17.1. The molecule has 24 heavy (non-hydrogen) atoms. The number of rotatable bonds is 2. The summed E-state index contributed by atoms with van der Waals surface area (Å²) in [4.78, 5) is 39.5. The lowest BCUT2D eigenvalue weighted by atomic mass is 10.1. The average molecular weight is 324 g/mol. The molecule has 1 aliphatic rings. The highest BCUT2D eigenvalue weighted by Crippen LogP contribution is 2.24. The lowest BCUT2D eigenvalue weighted by molar-refractivity contribution is -0.133. The molecule has 1 unspecified atom stereocenters. The van der Waals surface area contributed by atoms with Crippen LogP contribution in [0.25, 0.3) is 0 Å². The van der Waals surface area contributed by atoms with Gasteiger partial charge in [-0.15, -0.1) is 0 Å². The van der Waals surface area contributed by atoms with Gasteiger partial charge >= 0.3 is 0 Å². The number of carbonyl (C=O) groups is 3. The molecule has 1 atom stereocenters. The van der Waals surface area contributed by atoms with Gasteiger partial charge in [-0.1, -0.05) is 36.4 Å². The number of anilines is 2. The van der Waals surface area contributed by atoms with Gasteiger partial charge in [0.05, 0.1) is 12.1 Å². The van der Waals surface area contributed by atoms with Crippen LogP contribution >= 0.6 is 0 Å². The van der Waals surface area contributed by atoms with Crippen molar-refractivity contribution in [3.63, 3.8) is 0 Å². The Kier molecular flexibility index (Phi) is 4.39. The van der Waals surface area contributed by atoms with Gasteiger partial charge in [0.2, 0.25) is 17.7 Å². The standard InChI is InChI=1S/C18H16N2O4/c21-15-11-17(23)20(14-9-5-2-6-10-14)18(24)12-16(22)19(15)13-7-3-1-4-8-13/h1-10,15,21H,11-12H2. The molecule has 1 saturated heterocycles. The molecule has 0 aliphatic carbocycles. The number of aliphatic hydroxyl groups is 1. The maximum atomic E-state index is 12.5. The van der Waals surface area contributed by atoms with E-state index in [-0.39, 0.29) is 6.42 Å². The van der Waals surface area contributed by atoms with Crippen LogP contribution < -0.4 is 9.80 Å². The molecular formula is C18H16N2O4. The van der Waals surface area contributed by atoms with Crippen LogP contribution in [0, 0.1) is 0 Å². The fourth-order valence-electron chi connectivity index (χ4n) is 2.71. The third kappa shape index (κ3) is 3.04. The summed E-state index contributed by atoms with van der Waals surface area (Å²) in [5.74, 6) is -1.71. The number of amides is 3. The monoisotopic (exact) mass is 324 g/mol. The zero-order valence-corrected chi connectivity index (χ0v) is 12.8. The first-order chi connectivity index (χ1) is 11.6. The van der Waals surface area contributed by atoms with E-state index in [4.69, 9.17) is 0 Å². The van der Waals surface area contributed by atoms with Crippen molar-refractivity contribution < 1.29 is 19.5 Å². The molecule has 6 nitrogen and oxygen atoms in total. The minimum Gasteiger partial charge on any atom is -0.373 e. The summed E-state index contributed by atoms with van der Waals surface area (Å²) in [5, 5.41) is 10.4. The number of imide groups is 1. The predicted octanol–water partition coefficient (Wildman–Crippen LogP) is 1.69. The highest BCUT2D eigenvalue weighted by Gasteiger charge is 2.35. The van der Waals surface area contributed by atoms with E-state index in [0.717, 1.165) is 9.80 Å². The minimum absolute atomic E-state index is 0.360. The Morgan fingerprint density at radius 3 is 1.88 bits per heavy atom. The fraction of sp³-hybridized carbons (Fsp3) is 0.167. The normalized spacial score (nSPS) is 19.2. The van der Waals surface area contributed by atoms with Gasteiger partial charge in [0, 0.05) is 5.69 Å². The number of hydrogen-bond acceptors (Lipinski definition) is 4. The van der Waals surface area contributed by atoms with Crippen molar-refractivity contribution in [2.45, 2.75) is 19.1 Å². The smallest absolute Gasteiger partial charge is 0.243 e. The summed E-state index contributed by atoms with van der Waals surface area (Å²) in [7, 11) is 0. The van der Waals surface area contributed by atoms with Crippen LogP contribution in [0.5, 0.6) is 0 Å². The SMILES string of the molecule is O=C1CC(=O)N(c2ccccc2)C(O)CC(=O)N1c1ccccc1. The van der Waals surface area contributed by atoms with Crippen LogP contribution in [0.2, 0.25) is 0 Å². The number of nitrogens with zero attached hydrogens (tertiary/aromatic N) is 2. The van der Waals surface area contributed by atoms with Crippen LogP contribution in [0.15, 0.2) is 60.7 Å². The van der Waals surface area contributed by atoms with Crippen molar-refractivity contribution in [1.29, 1.82) is 0 Å². The molecule has 0 bridgehead atoms. The van der Waals surface area contributed by atoms with E-state index in [1.54, 1.807) is 60.7 Å². The zero-order valence-electron chi connectivity index (χ0n) is 12.8. The molecule has 1 fully saturated rings. The molecule has 1 heterocycles. The number of aliphatic hydroxyl groups excluding tert-OH is 1. The van der Waals surface area contributed by atoms with E-state index in [0.29, 0.717) is 11.4 Å². The van der Waals surface area contributed by atoms with Gasteiger partial charge in [-0.25, -0.2) is 4.90 Å². The summed E-state index contributed by atoms with van der Waals surface area (Å²) in [6.45, 7) is 0. The van der Waals surface area contributed by atoms with Crippen molar-refractivity contribution >= 4 is 29.1 Å². The van der Waals surface area contributed by atoms with Crippen molar-refractivity contribution in [2.24, 2.45) is 0 Å². The first-order valence-electron chi connectivity index (χ1n) is 7.54. The second-order valence-electron chi connectivity index (χ2n) is 5.42. The van der Waals surface area contributed by atoms with Crippen LogP contribution in [0.3, 0.4) is 0 Å². The van der Waals surface area contributed by atoms with Gasteiger partial charge in [0.1, 0.15) is 12.6 Å². The van der Waals surface area contributed by atoms with Crippen LogP contribution in [-0.4, -0.2) is 29.1 Å². The molecular weight excluding hydrogens is 308 g/mol. The van der Waals surface area contributed by atoms with Crippen molar-refractivity contribution in [3.8, 4) is 0 Å². The Balaban J connectivity index is 1.94. The first-order valence-corrected chi connectivity index (χ1v) is 7.54. The summed E-state index contributed by atoms with van der Waals surface area (Å²) >= 11 is 0. The Morgan fingerprint density at radius 2 is 1.29 bits per heavy atom. The van der Waals surface area contributed by atoms with Gasteiger partial charge in [0.15, 0.2) is 0 Å². The number of hydrogen-bond donors (Lipinski definition) is 1. The topological polar surface area (TPSA) is 77.9 Å². The van der Waals surface area contributed by atoms with Crippen molar-refractivity contribution in [1.82, 2.24) is 0 Å². The maximum Gasteiger partial charge on any atom is 0.243 e. The Labute approximate surface area is 138 Å². The molecule has 2 aromatic carbocycles. The van der Waals surface area contributed by atoms with Gasteiger partial charge in [-0.3, -0.25) is 19.3 Å². The number of para-hydroxylation sites is 2. The second kappa shape index (κ2) is 6.64. The van der Waals surface area contributed by atoms with Crippen LogP contribution in [0.4, 0.5) is 11.4 Å². The van der Waals surface area contributed by atoms with Crippen molar-refractivity contribution in [3.05, 3.63) is 60.7 Å². The van der Waals surface area contributed by atoms with Crippen LogP contribution in [-0.2, 0) is 14.4 Å². The van der Waals surface area contributed by atoms with E-state index in [9.17, 15) is 19.5 Å². The van der Waals surface area contributed by atoms with Crippen molar-refractivity contribution in [2.75, 3.05) is 9.80 Å². The molecule has 0 aromatic heterocycles. The molecule has 3 amide bonds. The van der Waals surface area contributed by atoms with Gasteiger partial charge in [-0.2, -0.15) is 0 Å². The third-order valence-electron chi connectivity index (χ3n) is 3.77. The molecule has 6 heteroatoms. The quantitative estimate of drug-likeness (QED) is 0.673. The molecule has 0 saturated carbocycles. The summed E-state index contributed by atoms with van der Waals surface area (Å²) < 4.78 is 0. The van der Waals surface area contributed by atoms with E-state index in [1.807, 2.05) is 0 Å². The molecule has 0 radical (unpaired) electrons. The second-order valence-corrected chi connectivity index (χ2v) is 5.42. The molecule has 2 aromatic rings. The number of benzene rings is 2. The Hall–Kier alpha value is -2.99. The summed E-state index contributed by atoms with van der Waals surface area (Å²) in [5.41, 5.74) is 0.837. The Morgan fingerprint density at radius 1 is 0.750 bits per heavy atom. The molecule has 0 spiro atoms. The predicted molar refractivity (Wildman–Crippen MR) is 88.1 cm³/mol. The fourth-order valence-corrected chi connectivity index (χ4v) is 2.71. The average Bonchev–Trinajstić information content (AvgIpc) is 2.56. The van der Waals surface area contributed by atoms with Gasteiger partial charge in [-0.05, 0) is 24.3 Å². The lowest BCUT2D eigenvalue weighted by Crippen LogP contribution is -2.51. The van der Waals surface area contributed by atoms with E-state index in [1.165, 1.54) is 0 Å². The largest absolute Gasteiger partial charge is 0.373 e. The lowest BCUT2D eigenvalue weighted by Gasteiger charge is -2.32. The third-order valence-corrected chi connectivity index (χ3v) is 3.77. The maximum absolute atomic E-state index is 12.5. The van der Waals surface area contributed by atoms with Gasteiger partial charge in [0.25, 0.3) is 0 Å².